The number of nitrogens with one attached hydrogen (secondary N) is 1. The van der Waals surface area contributed by atoms with Gasteiger partial charge in [0.25, 0.3) is 0 Å². The van der Waals surface area contributed by atoms with E-state index in [0.717, 1.165) is 56.4 Å². The number of hydrogen-bond acceptors (Lipinski definition) is 3. The lowest BCUT2D eigenvalue weighted by Gasteiger charge is -2.57. The summed E-state index contributed by atoms with van der Waals surface area (Å²) in [6.07, 6.45) is 12.5. The molecule has 7 unspecified atom stereocenters. The lowest BCUT2D eigenvalue weighted by molar-refractivity contribution is -0.119. The number of carbonyl (C=O) groups excluding carboxylic acids is 1. The van der Waals surface area contributed by atoms with Crippen molar-refractivity contribution in [3.63, 3.8) is 0 Å². The highest BCUT2D eigenvalue weighted by Gasteiger charge is 2.67. The summed E-state index contributed by atoms with van der Waals surface area (Å²) in [5, 5.41) is 13.3. The van der Waals surface area contributed by atoms with Crippen LogP contribution in [-0.2, 0) is 9.53 Å². The first kappa shape index (κ1) is 24.4. The standard InChI is InChI=1S/C30H47NO3/c1-18(17-31-20(3)32)7-10-26-19(2)27-29(5)14-12-24-23(25(29)16-30(27,6)34-26)9-8-21-15-22(33)11-13-28(21,24)4/h8,18,22-25,27,33H,7,9-17H2,1-6H3,(H,31,32)/t18?,22?,23?,24?,25?,27?,28-,29-,30?/m0/s1. The van der Waals surface area contributed by atoms with E-state index in [-0.39, 0.29) is 17.6 Å². The van der Waals surface area contributed by atoms with Crippen molar-refractivity contribution in [3.8, 4) is 0 Å². The number of allylic oxidation sites excluding steroid dienone is 2. The average molecular weight is 470 g/mol. The van der Waals surface area contributed by atoms with Crippen molar-refractivity contribution in [2.75, 3.05) is 6.54 Å². The second-order valence-electron chi connectivity index (χ2n) is 13.4. The molecule has 0 spiro atoms. The van der Waals surface area contributed by atoms with Crippen LogP contribution in [0.1, 0.15) is 99.3 Å². The highest BCUT2D eigenvalue weighted by molar-refractivity contribution is 5.72. The van der Waals surface area contributed by atoms with E-state index in [2.05, 4.69) is 46.0 Å². The van der Waals surface area contributed by atoms with E-state index < -0.39 is 0 Å². The Kier molecular flexibility index (Phi) is 6.02. The predicted molar refractivity (Wildman–Crippen MR) is 136 cm³/mol. The van der Waals surface area contributed by atoms with Gasteiger partial charge in [-0.25, -0.2) is 0 Å². The molecular formula is C30H47NO3. The number of aliphatic hydroxyl groups is 1. The van der Waals surface area contributed by atoms with Crippen LogP contribution in [0.4, 0.5) is 0 Å². The van der Waals surface area contributed by atoms with Crippen LogP contribution in [0.15, 0.2) is 23.0 Å². The first-order valence-electron chi connectivity index (χ1n) is 14.0. The van der Waals surface area contributed by atoms with E-state index in [4.69, 9.17) is 4.74 Å². The number of ether oxygens (including phenoxy) is 1. The van der Waals surface area contributed by atoms with Gasteiger partial charge in [-0.3, -0.25) is 4.79 Å². The molecule has 0 bridgehead atoms. The van der Waals surface area contributed by atoms with Crippen LogP contribution in [0.5, 0.6) is 0 Å². The highest BCUT2D eigenvalue weighted by Crippen LogP contribution is 2.71. The van der Waals surface area contributed by atoms with Gasteiger partial charge in [-0.15, -0.1) is 0 Å². The van der Waals surface area contributed by atoms with Gasteiger partial charge in [0, 0.05) is 25.8 Å². The zero-order valence-electron chi connectivity index (χ0n) is 22.4. The van der Waals surface area contributed by atoms with Gasteiger partial charge >= 0.3 is 0 Å². The molecule has 3 saturated carbocycles. The Hall–Kier alpha value is -1.29. The second kappa shape index (κ2) is 8.39. The van der Waals surface area contributed by atoms with E-state index in [1.54, 1.807) is 12.5 Å². The van der Waals surface area contributed by atoms with Crippen molar-refractivity contribution in [2.24, 2.45) is 40.4 Å². The minimum Gasteiger partial charge on any atom is -0.491 e. The molecule has 2 N–H and O–H groups in total. The summed E-state index contributed by atoms with van der Waals surface area (Å²) in [5.41, 5.74) is 3.62. The molecule has 4 nitrogen and oxygen atoms in total. The lowest BCUT2D eigenvalue weighted by atomic mass is 9.47. The molecule has 0 aromatic heterocycles. The van der Waals surface area contributed by atoms with Crippen LogP contribution < -0.4 is 5.32 Å². The average Bonchev–Trinajstić information content (AvgIpc) is 3.17. The van der Waals surface area contributed by atoms with E-state index in [0.29, 0.717) is 22.7 Å². The van der Waals surface area contributed by atoms with Gasteiger partial charge in [0.2, 0.25) is 5.91 Å². The topological polar surface area (TPSA) is 58.6 Å². The van der Waals surface area contributed by atoms with Crippen LogP contribution in [0.3, 0.4) is 0 Å². The van der Waals surface area contributed by atoms with Crippen molar-refractivity contribution >= 4 is 5.91 Å². The lowest BCUT2D eigenvalue weighted by Crippen LogP contribution is -2.50. The summed E-state index contributed by atoms with van der Waals surface area (Å²) in [5.74, 6) is 4.51. The van der Waals surface area contributed by atoms with E-state index in [1.807, 2.05) is 0 Å². The van der Waals surface area contributed by atoms with Crippen molar-refractivity contribution < 1.29 is 14.6 Å². The van der Waals surface area contributed by atoms with Crippen molar-refractivity contribution in [1.82, 2.24) is 5.32 Å². The number of hydrogen-bond donors (Lipinski definition) is 2. The maximum atomic E-state index is 11.3. The summed E-state index contributed by atoms with van der Waals surface area (Å²) in [6.45, 7) is 14.4. The summed E-state index contributed by atoms with van der Waals surface area (Å²) in [6, 6.07) is 0. The molecule has 1 heterocycles. The Labute approximate surface area is 207 Å². The Balaban J connectivity index is 1.34. The first-order valence-corrected chi connectivity index (χ1v) is 14.0. The van der Waals surface area contributed by atoms with Gasteiger partial charge in [0.05, 0.1) is 11.9 Å². The summed E-state index contributed by atoms with van der Waals surface area (Å²) in [7, 11) is 0. The maximum Gasteiger partial charge on any atom is 0.216 e. The minimum absolute atomic E-state index is 0.0546. The highest BCUT2D eigenvalue weighted by atomic mass is 16.5. The fraction of sp³-hybridized carbons (Fsp3) is 0.833. The molecule has 5 rings (SSSR count). The number of aliphatic hydroxyl groups excluding tert-OH is 1. The second-order valence-corrected chi connectivity index (χ2v) is 13.4. The molecule has 190 valence electrons. The van der Waals surface area contributed by atoms with E-state index in [1.165, 1.54) is 37.0 Å². The van der Waals surface area contributed by atoms with Gasteiger partial charge < -0.3 is 15.2 Å². The Morgan fingerprint density at radius 2 is 2.00 bits per heavy atom. The van der Waals surface area contributed by atoms with Crippen LogP contribution >= 0.6 is 0 Å². The molecule has 0 radical (unpaired) electrons. The zero-order chi connectivity index (χ0) is 24.5. The third-order valence-electron chi connectivity index (χ3n) is 11.2. The third kappa shape index (κ3) is 3.69. The van der Waals surface area contributed by atoms with Gasteiger partial charge in [-0.1, -0.05) is 32.4 Å². The van der Waals surface area contributed by atoms with Crippen LogP contribution in [0, 0.1) is 40.4 Å². The van der Waals surface area contributed by atoms with Crippen LogP contribution in [0.25, 0.3) is 0 Å². The summed E-state index contributed by atoms with van der Waals surface area (Å²) in [4.78, 5) is 11.3. The van der Waals surface area contributed by atoms with Crippen molar-refractivity contribution in [1.29, 1.82) is 0 Å². The molecular weight excluding hydrogens is 422 g/mol. The van der Waals surface area contributed by atoms with Crippen LogP contribution in [-0.4, -0.2) is 29.3 Å². The van der Waals surface area contributed by atoms with Gasteiger partial charge in [-0.05, 0) is 105 Å². The van der Waals surface area contributed by atoms with Crippen molar-refractivity contribution in [2.45, 2.75) is 111 Å². The number of amides is 1. The zero-order valence-corrected chi connectivity index (χ0v) is 22.4. The smallest absolute Gasteiger partial charge is 0.216 e. The maximum absolute atomic E-state index is 11.3. The normalized spacial score (nSPS) is 46.0. The molecule has 3 fully saturated rings. The third-order valence-corrected chi connectivity index (χ3v) is 11.2. The van der Waals surface area contributed by atoms with Gasteiger partial charge in [-0.2, -0.15) is 0 Å². The molecule has 0 aromatic rings. The number of rotatable bonds is 5. The van der Waals surface area contributed by atoms with Gasteiger partial charge in [0.1, 0.15) is 5.60 Å². The fourth-order valence-corrected chi connectivity index (χ4v) is 9.61. The Morgan fingerprint density at radius 1 is 1.24 bits per heavy atom. The molecule has 5 aliphatic rings. The quantitative estimate of drug-likeness (QED) is 0.475. The van der Waals surface area contributed by atoms with Crippen LogP contribution in [0.2, 0.25) is 0 Å². The molecule has 34 heavy (non-hydrogen) atoms. The molecule has 4 heteroatoms. The summed E-state index contributed by atoms with van der Waals surface area (Å²) < 4.78 is 6.89. The van der Waals surface area contributed by atoms with Gasteiger partial charge in [0.15, 0.2) is 0 Å². The van der Waals surface area contributed by atoms with E-state index in [9.17, 15) is 9.90 Å². The first-order chi connectivity index (χ1) is 16.0. The predicted octanol–water partition coefficient (Wildman–Crippen LogP) is 6.15. The number of carbonyl (C=O) groups is 1. The largest absolute Gasteiger partial charge is 0.491 e. The summed E-state index contributed by atoms with van der Waals surface area (Å²) >= 11 is 0. The SMILES string of the molecule is CC(=O)NCC(C)CCC1=C(C)C2C(C)(CC3C4CC=C5CC(O)CC[C@]5(C)C4CC[C@@]32C)O1. The molecule has 1 amide bonds. The minimum atomic E-state index is -0.130. The molecule has 0 aromatic carbocycles. The molecule has 4 aliphatic carbocycles. The molecule has 1 aliphatic heterocycles. The molecule has 0 saturated heterocycles. The fourth-order valence-electron chi connectivity index (χ4n) is 9.61. The van der Waals surface area contributed by atoms with E-state index >= 15 is 0 Å². The Morgan fingerprint density at radius 3 is 2.74 bits per heavy atom. The number of fused-ring (bicyclic) bond motifs is 7. The monoisotopic (exact) mass is 469 g/mol. The molecule has 9 atom stereocenters. The Bertz CT molecular complexity index is 907. The van der Waals surface area contributed by atoms with Crippen molar-refractivity contribution in [3.05, 3.63) is 23.0 Å².